The number of rotatable bonds is 6. The molecule has 0 heterocycles. The molecule has 2 amide bonds. The van der Waals surface area contributed by atoms with E-state index in [9.17, 15) is 14.7 Å². The maximum atomic E-state index is 11.5. The molecule has 1 saturated carbocycles. The van der Waals surface area contributed by atoms with Gasteiger partial charge < -0.3 is 20.8 Å². The Bertz CT molecular complexity index is 344. The van der Waals surface area contributed by atoms with Crippen LogP contribution in [0, 0.1) is 11.8 Å². The maximum Gasteiger partial charge on any atom is 0.337 e. The van der Waals surface area contributed by atoms with Crippen molar-refractivity contribution in [1.29, 1.82) is 0 Å². The molecule has 6 nitrogen and oxygen atoms in total. The molecule has 0 saturated heterocycles. The van der Waals surface area contributed by atoms with Gasteiger partial charge in [0.05, 0.1) is 6.54 Å². The number of carbonyl (C=O) groups excluding carboxylic acids is 1. The minimum Gasteiger partial charge on any atom is -0.479 e. The Morgan fingerprint density at radius 3 is 2.60 bits per heavy atom. The third-order valence-electron chi connectivity index (χ3n) is 3.94. The van der Waals surface area contributed by atoms with Crippen LogP contribution in [0.5, 0.6) is 0 Å². The molecule has 3 unspecified atom stereocenters. The molecule has 6 heteroatoms. The van der Waals surface area contributed by atoms with Crippen molar-refractivity contribution in [3.05, 3.63) is 0 Å². The van der Waals surface area contributed by atoms with Gasteiger partial charge in [-0.25, -0.2) is 9.59 Å². The summed E-state index contributed by atoms with van der Waals surface area (Å²) < 4.78 is 0. The zero-order valence-corrected chi connectivity index (χ0v) is 12.3. The van der Waals surface area contributed by atoms with Crippen LogP contribution in [0.2, 0.25) is 0 Å². The van der Waals surface area contributed by atoms with Crippen molar-refractivity contribution >= 4 is 12.0 Å². The van der Waals surface area contributed by atoms with E-state index in [0.29, 0.717) is 12.5 Å². The lowest BCUT2D eigenvalue weighted by atomic mass is 9.81. The SMILES string of the molecule is CC1CCCC(CCNC(=O)NCC(C)(O)C(=O)O)C1. The fourth-order valence-corrected chi connectivity index (χ4v) is 2.60. The summed E-state index contributed by atoms with van der Waals surface area (Å²) in [6, 6.07) is -0.435. The number of amides is 2. The van der Waals surface area contributed by atoms with Gasteiger partial charge >= 0.3 is 12.0 Å². The van der Waals surface area contributed by atoms with E-state index in [4.69, 9.17) is 5.11 Å². The largest absolute Gasteiger partial charge is 0.479 e. The van der Waals surface area contributed by atoms with E-state index < -0.39 is 17.6 Å². The molecule has 4 N–H and O–H groups in total. The molecule has 1 rings (SSSR count). The second-order valence-electron chi connectivity index (χ2n) is 6.11. The molecule has 0 bridgehead atoms. The van der Waals surface area contributed by atoms with Gasteiger partial charge in [-0.1, -0.05) is 26.2 Å². The first-order valence-corrected chi connectivity index (χ1v) is 7.28. The van der Waals surface area contributed by atoms with Crippen LogP contribution in [0.25, 0.3) is 0 Å². The molecule has 0 radical (unpaired) electrons. The Hall–Kier alpha value is -1.30. The number of carboxylic acid groups (broad SMARTS) is 1. The molecular weight excluding hydrogens is 260 g/mol. The minimum atomic E-state index is -1.93. The van der Waals surface area contributed by atoms with Crippen molar-refractivity contribution in [3.63, 3.8) is 0 Å². The van der Waals surface area contributed by atoms with E-state index in [1.807, 2.05) is 0 Å². The van der Waals surface area contributed by atoms with Gasteiger partial charge in [-0.15, -0.1) is 0 Å². The molecule has 0 spiro atoms. The van der Waals surface area contributed by atoms with Crippen molar-refractivity contribution in [2.75, 3.05) is 13.1 Å². The predicted octanol–water partition coefficient (Wildman–Crippen LogP) is 1.34. The quantitative estimate of drug-likeness (QED) is 0.592. The van der Waals surface area contributed by atoms with Crippen molar-refractivity contribution in [3.8, 4) is 0 Å². The van der Waals surface area contributed by atoms with Crippen molar-refractivity contribution in [1.82, 2.24) is 10.6 Å². The summed E-state index contributed by atoms with van der Waals surface area (Å²) in [5, 5.41) is 23.2. The highest BCUT2D eigenvalue weighted by Crippen LogP contribution is 2.30. The van der Waals surface area contributed by atoms with Crippen molar-refractivity contribution in [2.24, 2.45) is 11.8 Å². The number of hydrogen-bond acceptors (Lipinski definition) is 3. The van der Waals surface area contributed by atoms with Gasteiger partial charge in [0.2, 0.25) is 0 Å². The van der Waals surface area contributed by atoms with Gasteiger partial charge in [-0.3, -0.25) is 0 Å². The van der Waals surface area contributed by atoms with Crippen LogP contribution in [-0.2, 0) is 4.79 Å². The average Bonchev–Trinajstić information content (AvgIpc) is 2.36. The summed E-state index contributed by atoms with van der Waals surface area (Å²) >= 11 is 0. The highest BCUT2D eigenvalue weighted by molar-refractivity contribution is 5.79. The van der Waals surface area contributed by atoms with E-state index in [-0.39, 0.29) is 6.54 Å². The van der Waals surface area contributed by atoms with Crippen LogP contribution in [0.4, 0.5) is 4.79 Å². The first-order valence-electron chi connectivity index (χ1n) is 7.28. The molecule has 0 aromatic carbocycles. The fourth-order valence-electron chi connectivity index (χ4n) is 2.60. The monoisotopic (exact) mass is 286 g/mol. The lowest BCUT2D eigenvalue weighted by molar-refractivity contribution is -0.155. The molecule has 1 aliphatic carbocycles. The number of aliphatic hydroxyl groups is 1. The topological polar surface area (TPSA) is 98.7 Å². The van der Waals surface area contributed by atoms with E-state index in [1.165, 1.54) is 25.7 Å². The zero-order chi connectivity index (χ0) is 15.2. The molecule has 20 heavy (non-hydrogen) atoms. The van der Waals surface area contributed by atoms with Crippen molar-refractivity contribution in [2.45, 2.75) is 51.6 Å². The fraction of sp³-hybridized carbons (Fsp3) is 0.857. The summed E-state index contributed by atoms with van der Waals surface area (Å²) in [6.45, 7) is 3.69. The molecule has 116 valence electrons. The third kappa shape index (κ3) is 5.77. The predicted molar refractivity (Wildman–Crippen MR) is 75.4 cm³/mol. The third-order valence-corrected chi connectivity index (χ3v) is 3.94. The Balaban J connectivity index is 2.15. The van der Waals surface area contributed by atoms with Crippen LogP contribution in [-0.4, -0.2) is 40.9 Å². The van der Waals surface area contributed by atoms with Gasteiger partial charge in [0.25, 0.3) is 0 Å². The molecule has 0 aliphatic heterocycles. The Morgan fingerprint density at radius 1 is 1.30 bits per heavy atom. The van der Waals surface area contributed by atoms with Gasteiger partial charge in [0, 0.05) is 6.54 Å². The van der Waals surface area contributed by atoms with Crippen LogP contribution in [0.1, 0.15) is 46.0 Å². The summed E-state index contributed by atoms with van der Waals surface area (Å²) in [4.78, 5) is 22.2. The van der Waals surface area contributed by atoms with Crippen LogP contribution in [0.3, 0.4) is 0 Å². The molecule has 0 aromatic heterocycles. The Morgan fingerprint density at radius 2 is 2.00 bits per heavy atom. The van der Waals surface area contributed by atoms with Gasteiger partial charge in [0.1, 0.15) is 0 Å². The number of aliphatic carboxylic acids is 1. The van der Waals surface area contributed by atoms with Crippen LogP contribution < -0.4 is 10.6 Å². The number of nitrogens with one attached hydrogen (secondary N) is 2. The highest BCUT2D eigenvalue weighted by Gasteiger charge is 2.30. The smallest absolute Gasteiger partial charge is 0.337 e. The molecular formula is C14H26N2O4. The van der Waals surface area contributed by atoms with Gasteiger partial charge in [-0.05, 0) is 31.6 Å². The lowest BCUT2D eigenvalue weighted by Crippen LogP contribution is -2.49. The Labute approximate surface area is 119 Å². The molecule has 0 aromatic rings. The highest BCUT2D eigenvalue weighted by atomic mass is 16.4. The summed E-state index contributed by atoms with van der Waals surface area (Å²) in [5.74, 6) is 0.0865. The van der Waals surface area contributed by atoms with E-state index in [1.54, 1.807) is 0 Å². The number of hydrogen-bond donors (Lipinski definition) is 4. The lowest BCUT2D eigenvalue weighted by Gasteiger charge is -2.26. The zero-order valence-electron chi connectivity index (χ0n) is 12.3. The second-order valence-corrected chi connectivity index (χ2v) is 6.11. The molecule has 1 aliphatic rings. The van der Waals surface area contributed by atoms with Crippen LogP contribution >= 0.6 is 0 Å². The Kier molecular flexibility index (Phi) is 6.26. The summed E-state index contributed by atoms with van der Waals surface area (Å²) in [5.41, 5.74) is -1.93. The first-order chi connectivity index (χ1) is 9.31. The second kappa shape index (κ2) is 7.47. The average molecular weight is 286 g/mol. The van der Waals surface area contributed by atoms with E-state index in [0.717, 1.165) is 19.3 Å². The van der Waals surface area contributed by atoms with Crippen molar-refractivity contribution < 1.29 is 19.8 Å². The number of carbonyl (C=O) groups is 2. The summed E-state index contributed by atoms with van der Waals surface area (Å²) in [7, 11) is 0. The van der Waals surface area contributed by atoms with Gasteiger partial charge in [-0.2, -0.15) is 0 Å². The standard InChI is InChI=1S/C14H26N2O4/c1-10-4-3-5-11(8-10)6-7-15-13(19)16-9-14(2,20)12(17)18/h10-11,20H,3-9H2,1-2H3,(H,17,18)(H2,15,16,19). The maximum absolute atomic E-state index is 11.5. The molecule has 1 fully saturated rings. The number of carboxylic acids is 1. The van der Waals surface area contributed by atoms with Crippen LogP contribution in [0.15, 0.2) is 0 Å². The normalized spacial score (nSPS) is 25.6. The van der Waals surface area contributed by atoms with E-state index in [2.05, 4.69) is 17.6 Å². The first kappa shape index (κ1) is 16.8. The molecule has 3 atom stereocenters. The minimum absolute atomic E-state index is 0.311. The number of urea groups is 1. The van der Waals surface area contributed by atoms with Gasteiger partial charge in [0.15, 0.2) is 5.60 Å². The summed E-state index contributed by atoms with van der Waals surface area (Å²) in [6.07, 6.45) is 5.96. The van der Waals surface area contributed by atoms with E-state index >= 15 is 0 Å².